The molecule has 0 aliphatic heterocycles. The number of aromatic nitrogens is 2. The molecule has 36 heavy (non-hydrogen) atoms. The van der Waals surface area contributed by atoms with Gasteiger partial charge in [-0.05, 0) is 44.5 Å². The molecule has 0 radical (unpaired) electrons. The number of carboxylic acid groups (broad SMARTS) is 1. The predicted octanol–water partition coefficient (Wildman–Crippen LogP) is 2.57. The zero-order valence-corrected chi connectivity index (χ0v) is 21.5. The van der Waals surface area contributed by atoms with Crippen LogP contribution < -0.4 is 17.1 Å². The molecule has 11 heteroatoms. The van der Waals surface area contributed by atoms with Gasteiger partial charge in [-0.3, -0.25) is 4.79 Å². The molecule has 10 nitrogen and oxygen atoms in total. The molecule has 0 saturated carbocycles. The van der Waals surface area contributed by atoms with Crippen LogP contribution in [0.3, 0.4) is 0 Å². The molecule has 0 saturated heterocycles. The quantitative estimate of drug-likeness (QED) is 0.250. The molecule has 0 aliphatic carbocycles. The van der Waals surface area contributed by atoms with Gasteiger partial charge in [0.1, 0.15) is 5.52 Å². The topological polar surface area (TPSA) is 149 Å². The van der Waals surface area contributed by atoms with E-state index in [1.165, 1.54) is 22.8 Å². The molecule has 3 aromatic rings. The van der Waals surface area contributed by atoms with Crippen LogP contribution in [0.5, 0.6) is 0 Å². The highest BCUT2D eigenvalue weighted by Crippen LogP contribution is 2.37. The van der Waals surface area contributed by atoms with Crippen molar-refractivity contribution < 1.29 is 19.7 Å². The number of hydrogen-bond acceptors (Lipinski definition) is 7. The van der Waals surface area contributed by atoms with E-state index in [9.17, 15) is 14.7 Å². The number of halogens is 1. The number of carbonyl (C=O) groups is 1. The fourth-order valence-corrected chi connectivity index (χ4v) is 4.18. The molecule has 2 heterocycles. The molecule has 0 bridgehead atoms. The maximum absolute atomic E-state index is 13.6. The van der Waals surface area contributed by atoms with Gasteiger partial charge in [-0.15, -0.1) is 0 Å². The number of aliphatic hydroxyl groups is 1. The van der Waals surface area contributed by atoms with Crippen LogP contribution in [0, 0.1) is 0 Å². The van der Waals surface area contributed by atoms with Gasteiger partial charge >= 0.3 is 5.97 Å². The Hall–Kier alpha value is -3.31. The lowest BCUT2D eigenvalue weighted by atomic mass is 9.96. The molecule has 1 aromatic carbocycles. The maximum Gasteiger partial charge on any atom is 0.339 e. The Morgan fingerprint density at radius 3 is 2.44 bits per heavy atom. The fourth-order valence-electron chi connectivity index (χ4n) is 4.05. The van der Waals surface area contributed by atoms with E-state index in [1.54, 1.807) is 61.9 Å². The smallest absolute Gasteiger partial charge is 0.339 e. The average Bonchev–Trinajstić information content (AvgIpc) is 3.18. The van der Waals surface area contributed by atoms with Crippen LogP contribution in [-0.4, -0.2) is 49.1 Å². The lowest BCUT2D eigenvalue weighted by Gasteiger charge is -2.28. The number of benzene rings is 1. The Balaban J connectivity index is 2.32. The van der Waals surface area contributed by atoms with Crippen molar-refractivity contribution >= 4 is 28.5 Å². The summed E-state index contributed by atoms with van der Waals surface area (Å²) in [6, 6.07) is 8.70. The van der Waals surface area contributed by atoms with Gasteiger partial charge < -0.3 is 34.8 Å². The summed E-state index contributed by atoms with van der Waals surface area (Å²) in [6.07, 6.45) is 1.79. The number of hydrazine groups is 1. The van der Waals surface area contributed by atoms with Crippen molar-refractivity contribution in [1.29, 1.82) is 0 Å². The van der Waals surface area contributed by atoms with E-state index in [-0.39, 0.29) is 25.4 Å². The van der Waals surface area contributed by atoms with Crippen LogP contribution in [-0.2, 0) is 23.1 Å². The van der Waals surface area contributed by atoms with Gasteiger partial charge in [0, 0.05) is 41.1 Å². The van der Waals surface area contributed by atoms with E-state index in [1.807, 2.05) is 0 Å². The highest BCUT2D eigenvalue weighted by molar-refractivity contribution is 6.30. The standard InChI is InChI=1S/C25H32ClN5O5/c1-25(2,3)36-22(24(34)35)21-19(15-5-7-16(26)8-6-15)18-9-10-30(20(18)23(33)29(21)4)13-17(27)14-31(28)11-12-32/h5-10,14,22,32H,11-13,27-28H2,1-4H3,(H,34,35)/b17-14-. The summed E-state index contributed by atoms with van der Waals surface area (Å²) in [7, 11) is 1.53. The third-order valence-electron chi connectivity index (χ3n) is 5.48. The normalized spacial score (nSPS) is 13.2. The van der Waals surface area contributed by atoms with Gasteiger partial charge in [-0.2, -0.15) is 0 Å². The van der Waals surface area contributed by atoms with Crippen LogP contribution in [0.2, 0.25) is 5.02 Å². The van der Waals surface area contributed by atoms with Crippen LogP contribution in [0.4, 0.5) is 0 Å². The molecule has 0 amide bonds. The van der Waals surface area contributed by atoms with E-state index >= 15 is 0 Å². The molecule has 2 aromatic heterocycles. The zero-order chi connectivity index (χ0) is 26.8. The minimum absolute atomic E-state index is 0.137. The Labute approximate surface area is 213 Å². The number of rotatable bonds is 9. The maximum atomic E-state index is 13.6. The monoisotopic (exact) mass is 517 g/mol. The Morgan fingerprint density at radius 2 is 1.89 bits per heavy atom. The Bertz CT molecular complexity index is 1340. The van der Waals surface area contributed by atoms with E-state index in [0.717, 1.165) is 0 Å². The zero-order valence-electron chi connectivity index (χ0n) is 20.7. The fraction of sp³-hybridized carbons (Fsp3) is 0.360. The third kappa shape index (κ3) is 5.90. The number of aliphatic hydroxyl groups excluding tert-OH is 1. The summed E-state index contributed by atoms with van der Waals surface area (Å²) in [4.78, 5) is 26.0. The van der Waals surface area contributed by atoms with Crippen molar-refractivity contribution in [3.63, 3.8) is 0 Å². The minimum atomic E-state index is -1.41. The molecular weight excluding hydrogens is 486 g/mol. The second kappa shape index (κ2) is 10.8. The lowest BCUT2D eigenvalue weighted by molar-refractivity contribution is -0.161. The molecule has 1 atom stereocenters. The molecule has 0 fully saturated rings. The number of pyridine rings is 1. The summed E-state index contributed by atoms with van der Waals surface area (Å²) < 4.78 is 8.93. The summed E-state index contributed by atoms with van der Waals surface area (Å²) in [5.74, 6) is 4.57. The van der Waals surface area contributed by atoms with Crippen molar-refractivity contribution in [3.8, 4) is 11.1 Å². The predicted molar refractivity (Wildman–Crippen MR) is 139 cm³/mol. The van der Waals surface area contributed by atoms with Crippen LogP contribution in [0.15, 0.2) is 53.2 Å². The number of ether oxygens (including phenoxy) is 1. The van der Waals surface area contributed by atoms with Crippen LogP contribution in [0.25, 0.3) is 22.0 Å². The first-order chi connectivity index (χ1) is 16.8. The molecule has 3 rings (SSSR count). The first-order valence-corrected chi connectivity index (χ1v) is 11.7. The highest BCUT2D eigenvalue weighted by Gasteiger charge is 2.33. The van der Waals surface area contributed by atoms with Crippen molar-refractivity contribution in [2.75, 3.05) is 13.2 Å². The summed E-state index contributed by atoms with van der Waals surface area (Å²) in [5, 5.41) is 21.5. The summed E-state index contributed by atoms with van der Waals surface area (Å²) in [6.45, 7) is 5.48. The van der Waals surface area contributed by atoms with Crippen molar-refractivity contribution in [2.24, 2.45) is 18.6 Å². The highest BCUT2D eigenvalue weighted by atomic mass is 35.5. The van der Waals surface area contributed by atoms with Crippen LogP contribution >= 0.6 is 11.6 Å². The number of allylic oxidation sites excluding steroid dienone is 1. The third-order valence-corrected chi connectivity index (χ3v) is 5.73. The lowest BCUT2D eigenvalue weighted by Crippen LogP contribution is -2.33. The van der Waals surface area contributed by atoms with Gasteiger partial charge in [0.25, 0.3) is 5.56 Å². The second-order valence-corrected chi connectivity index (χ2v) is 9.89. The van der Waals surface area contributed by atoms with Crippen molar-refractivity contribution in [1.82, 2.24) is 14.1 Å². The van der Waals surface area contributed by atoms with E-state index < -0.39 is 23.2 Å². The molecule has 0 spiro atoms. The number of aliphatic carboxylic acids is 1. The van der Waals surface area contributed by atoms with Gasteiger partial charge in [-0.1, -0.05) is 23.7 Å². The minimum Gasteiger partial charge on any atom is -0.479 e. The SMILES string of the molecule is Cn1c(C(OC(C)(C)C)C(=O)O)c(-c2ccc(Cl)cc2)c2ccn(C/C(N)=C/N(N)CCO)c2c1=O. The Morgan fingerprint density at radius 1 is 1.25 bits per heavy atom. The number of nitrogens with zero attached hydrogens (tertiary/aromatic N) is 3. The number of carboxylic acids is 1. The largest absolute Gasteiger partial charge is 0.479 e. The van der Waals surface area contributed by atoms with Gasteiger partial charge in [-0.25, -0.2) is 10.6 Å². The summed E-state index contributed by atoms with van der Waals surface area (Å²) >= 11 is 6.11. The van der Waals surface area contributed by atoms with Crippen LogP contribution in [0.1, 0.15) is 32.6 Å². The van der Waals surface area contributed by atoms with Gasteiger partial charge in [0.2, 0.25) is 0 Å². The average molecular weight is 518 g/mol. The van der Waals surface area contributed by atoms with E-state index in [4.69, 9.17) is 33.0 Å². The van der Waals surface area contributed by atoms with Gasteiger partial charge in [0.15, 0.2) is 6.10 Å². The molecular formula is C25H32ClN5O5. The van der Waals surface area contributed by atoms with Crippen molar-refractivity contribution in [2.45, 2.75) is 39.0 Å². The Kier molecular flexibility index (Phi) is 8.15. The molecule has 6 N–H and O–H groups in total. The van der Waals surface area contributed by atoms with E-state index in [2.05, 4.69) is 0 Å². The molecule has 194 valence electrons. The summed E-state index contributed by atoms with van der Waals surface area (Å²) in [5.41, 5.74) is 7.09. The van der Waals surface area contributed by atoms with Crippen molar-refractivity contribution in [3.05, 3.63) is 69.5 Å². The van der Waals surface area contributed by atoms with E-state index in [0.29, 0.717) is 32.7 Å². The first kappa shape index (κ1) is 27.3. The molecule has 0 aliphatic rings. The second-order valence-electron chi connectivity index (χ2n) is 9.45. The number of fused-ring (bicyclic) bond motifs is 1. The van der Waals surface area contributed by atoms with Gasteiger partial charge in [0.05, 0.1) is 31.0 Å². The molecule has 1 unspecified atom stereocenters. The number of nitrogens with two attached hydrogens (primary N) is 2. The first-order valence-electron chi connectivity index (χ1n) is 11.3. The number of hydrogen-bond donors (Lipinski definition) is 4.